The van der Waals surface area contributed by atoms with Crippen LogP contribution < -0.4 is 29.6 Å². The summed E-state index contributed by atoms with van der Waals surface area (Å²) in [7, 11) is 0. The molecule has 0 amide bonds. The maximum Gasteiger partial charge on any atom is 1.00 e. The van der Waals surface area contributed by atoms with E-state index in [1.54, 1.807) is 0 Å². The van der Waals surface area contributed by atoms with E-state index in [1.165, 1.54) is 0 Å². The summed E-state index contributed by atoms with van der Waals surface area (Å²) in [6, 6.07) is 0. The summed E-state index contributed by atoms with van der Waals surface area (Å²) in [5, 5.41) is 0. The Balaban J connectivity index is 0. The first-order chi connectivity index (χ1) is 0. The van der Waals surface area contributed by atoms with Crippen LogP contribution in [0.4, 0.5) is 0 Å². The van der Waals surface area contributed by atoms with Gasteiger partial charge in [-0.2, -0.15) is 0 Å². The molecule has 0 heterocycles. The topological polar surface area (TPSA) is 0 Å². The molecule has 4 heteroatoms. The molecule has 0 rings (SSSR count). The normalized spacial score (nSPS) is 0. The summed E-state index contributed by atoms with van der Waals surface area (Å²) < 4.78 is 0. The van der Waals surface area contributed by atoms with Crippen molar-refractivity contribution in [2.45, 2.75) is 0 Å². The van der Waals surface area contributed by atoms with E-state index in [9.17, 15) is 0 Å². The minimum atomic E-state index is 0. The molecule has 0 aliphatic carbocycles. The molecule has 0 aromatic carbocycles. The van der Waals surface area contributed by atoms with Gasteiger partial charge in [0.2, 0.25) is 0 Å². The van der Waals surface area contributed by atoms with Crippen molar-refractivity contribution in [2.24, 2.45) is 0 Å². The maximum atomic E-state index is 0. The largest absolute Gasteiger partial charge is 1.00 e. The molecule has 23 valence electrons. The van der Waals surface area contributed by atoms with Gasteiger partial charge in [0, 0.05) is 38.5 Å². The molecule has 0 nitrogen and oxygen atoms in total. The van der Waals surface area contributed by atoms with Crippen molar-refractivity contribution in [2.75, 3.05) is 0 Å². The Morgan fingerprint density at radius 3 is 1.25 bits per heavy atom. The third kappa shape index (κ3) is 8.83. The van der Waals surface area contributed by atoms with Crippen molar-refractivity contribution < 1.29 is 69.5 Å². The van der Waals surface area contributed by atoms with E-state index in [2.05, 4.69) is 0 Å². The van der Waals surface area contributed by atoms with Gasteiger partial charge in [-0.05, 0) is 11.0 Å². The standard InChI is InChI=1S/Co.Na.H4Si.Ti.H/h;;1H4;;/q;+1;;;-1. The Morgan fingerprint density at radius 1 is 1.25 bits per heavy atom. The van der Waals surface area contributed by atoms with Crippen molar-refractivity contribution in [1.82, 2.24) is 0 Å². The molecule has 0 saturated heterocycles. The van der Waals surface area contributed by atoms with Gasteiger partial charge in [0.05, 0.1) is 0 Å². The van der Waals surface area contributed by atoms with Gasteiger partial charge in [0.1, 0.15) is 0 Å². The fourth-order valence-corrected chi connectivity index (χ4v) is 0. The van der Waals surface area contributed by atoms with E-state index >= 15 is 0 Å². The zero-order valence-corrected chi connectivity index (χ0v) is 6.44. The Morgan fingerprint density at radius 2 is 1.25 bits per heavy atom. The van der Waals surface area contributed by atoms with Gasteiger partial charge < -0.3 is 1.43 Å². The fraction of sp³-hybridized carbons (Fsp3) is 0. The average molecular weight is 163 g/mol. The fourth-order valence-electron chi connectivity index (χ4n) is 0. The summed E-state index contributed by atoms with van der Waals surface area (Å²) in [5.41, 5.74) is 0. The second-order valence-electron chi connectivity index (χ2n) is 0. The zero-order valence-electron chi connectivity index (χ0n) is 2.83. The quantitative estimate of drug-likeness (QED) is 0.316. The molecule has 1 radical (unpaired) electrons. The SMILES string of the molecule is [Co].[H-].[Na+].[SiH4].[Ti]. The van der Waals surface area contributed by atoms with Crippen LogP contribution in [0.3, 0.4) is 0 Å². The summed E-state index contributed by atoms with van der Waals surface area (Å²) in [5.74, 6) is 0. The maximum absolute atomic E-state index is 0. The van der Waals surface area contributed by atoms with Crippen LogP contribution >= 0.6 is 0 Å². The molecule has 0 aliphatic rings. The van der Waals surface area contributed by atoms with Gasteiger partial charge in [-0.25, -0.2) is 0 Å². The van der Waals surface area contributed by atoms with Gasteiger partial charge in [0.25, 0.3) is 0 Å². The van der Waals surface area contributed by atoms with Crippen molar-refractivity contribution >= 4 is 11.0 Å². The van der Waals surface area contributed by atoms with Gasteiger partial charge in [-0.1, -0.05) is 0 Å². The monoisotopic (exact) mass is 163 g/mol. The molecule has 0 fully saturated rings. The van der Waals surface area contributed by atoms with Crippen LogP contribution in [-0.4, -0.2) is 11.0 Å². The minimum Gasteiger partial charge on any atom is -1.00 e. The molecule has 0 unspecified atom stereocenters. The van der Waals surface area contributed by atoms with Crippen molar-refractivity contribution in [3.8, 4) is 0 Å². The van der Waals surface area contributed by atoms with E-state index in [4.69, 9.17) is 0 Å². The third-order valence-electron chi connectivity index (χ3n) is 0. The van der Waals surface area contributed by atoms with Crippen LogP contribution in [0.2, 0.25) is 0 Å². The van der Waals surface area contributed by atoms with Crippen LogP contribution in [0.25, 0.3) is 0 Å². The average Bonchev–Trinajstić information content (AvgIpc) is 0. The van der Waals surface area contributed by atoms with Crippen LogP contribution in [0.15, 0.2) is 0 Å². The van der Waals surface area contributed by atoms with E-state index in [0.717, 1.165) is 0 Å². The van der Waals surface area contributed by atoms with Crippen LogP contribution in [0.1, 0.15) is 1.43 Å². The summed E-state index contributed by atoms with van der Waals surface area (Å²) in [6.07, 6.45) is 0. The number of rotatable bonds is 0. The van der Waals surface area contributed by atoms with Crippen molar-refractivity contribution in [3.63, 3.8) is 0 Å². The second-order valence-corrected chi connectivity index (χ2v) is 0. The summed E-state index contributed by atoms with van der Waals surface area (Å²) >= 11 is 0. The Kier molecular flexibility index (Phi) is 144. The molecule has 0 aromatic heterocycles. The third-order valence-corrected chi connectivity index (χ3v) is 0. The molecule has 0 spiro atoms. The molecule has 0 N–H and O–H groups in total. The van der Waals surface area contributed by atoms with Crippen molar-refractivity contribution in [3.05, 3.63) is 0 Å². The predicted octanol–water partition coefficient (Wildman–Crippen LogP) is -4.34. The van der Waals surface area contributed by atoms with Crippen LogP contribution in [0.5, 0.6) is 0 Å². The zero-order chi connectivity index (χ0) is 0. The Hall–Kier alpha value is 2.44. The molecule has 0 aliphatic heterocycles. The van der Waals surface area contributed by atoms with Crippen LogP contribution in [0, 0.1) is 0 Å². The Labute approximate surface area is 79.4 Å². The van der Waals surface area contributed by atoms with Crippen LogP contribution in [-0.2, 0) is 38.5 Å². The minimum absolute atomic E-state index is 0. The second kappa shape index (κ2) is 18.0. The summed E-state index contributed by atoms with van der Waals surface area (Å²) in [6.45, 7) is 0. The van der Waals surface area contributed by atoms with E-state index < -0.39 is 0 Å². The smallest absolute Gasteiger partial charge is 1.00 e. The van der Waals surface area contributed by atoms with E-state index in [-0.39, 0.29) is 80.4 Å². The first-order valence-electron chi connectivity index (χ1n) is 0. The number of hydrogen-bond donors (Lipinski definition) is 0. The first-order valence-corrected chi connectivity index (χ1v) is 0. The molecule has 0 aromatic rings. The molecule has 0 bridgehead atoms. The van der Waals surface area contributed by atoms with Crippen molar-refractivity contribution in [1.29, 1.82) is 0 Å². The summed E-state index contributed by atoms with van der Waals surface area (Å²) in [4.78, 5) is 0. The predicted molar refractivity (Wildman–Crippen MR) is 12.4 cm³/mol. The molecular weight excluding hydrogens is 158 g/mol. The Bertz CT molecular complexity index is 11.6. The molecule has 4 heavy (non-hydrogen) atoms. The van der Waals surface area contributed by atoms with Gasteiger partial charge in [-0.15, -0.1) is 0 Å². The van der Waals surface area contributed by atoms with Gasteiger partial charge >= 0.3 is 29.6 Å². The molecule has 0 atom stereocenters. The molecular formula is H5CoNaSiTi. The van der Waals surface area contributed by atoms with Gasteiger partial charge in [0.15, 0.2) is 0 Å². The van der Waals surface area contributed by atoms with Gasteiger partial charge in [-0.3, -0.25) is 0 Å². The van der Waals surface area contributed by atoms with E-state index in [1.807, 2.05) is 0 Å². The van der Waals surface area contributed by atoms with E-state index in [0.29, 0.717) is 0 Å². The first kappa shape index (κ1) is 32.0. The number of hydrogen-bond acceptors (Lipinski definition) is 0. The molecule has 0 saturated carbocycles.